The van der Waals surface area contributed by atoms with E-state index in [0.29, 0.717) is 10.7 Å². The van der Waals surface area contributed by atoms with Gasteiger partial charge in [-0.3, -0.25) is 0 Å². The molecule has 0 saturated carbocycles. The maximum absolute atomic E-state index is 6.10. The van der Waals surface area contributed by atoms with Crippen LogP contribution in [0.15, 0.2) is 12.1 Å². The summed E-state index contributed by atoms with van der Waals surface area (Å²) in [4.78, 5) is 0. The van der Waals surface area contributed by atoms with Crippen molar-refractivity contribution in [3.63, 3.8) is 0 Å². The van der Waals surface area contributed by atoms with Crippen molar-refractivity contribution in [2.45, 2.75) is 34.1 Å². The van der Waals surface area contributed by atoms with Crippen LogP contribution in [0.4, 0.5) is 5.69 Å². The van der Waals surface area contributed by atoms with E-state index in [-0.39, 0.29) is 0 Å². The Morgan fingerprint density at radius 2 is 1.94 bits per heavy atom. The standard InChI is InChI=1S/C14H18ClN3/c1-5-11-9(3)17-18(10(11)4)14-7-12(15)13(16)6-8(14)2/h6-7H,5,16H2,1-4H3. The van der Waals surface area contributed by atoms with E-state index in [9.17, 15) is 0 Å². The van der Waals surface area contributed by atoms with Crippen LogP contribution in [0, 0.1) is 20.8 Å². The normalized spacial score (nSPS) is 10.9. The van der Waals surface area contributed by atoms with Crippen molar-refractivity contribution in [2.75, 3.05) is 5.73 Å². The van der Waals surface area contributed by atoms with Crippen molar-refractivity contribution in [3.05, 3.63) is 39.7 Å². The van der Waals surface area contributed by atoms with Gasteiger partial charge >= 0.3 is 0 Å². The first kappa shape index (κ1) is 13.0. The molecule has 1 heterocycles. The van der Waals surface area contributed by atoms with Gasteiger partial charge < -0.3 is 5.73 Å². The van der Waals surface area contributed by atoms with E-state index >= 15 is 0 Å². The van der Waals surface area contributed by atoms with Crippen LogP contribution in [0.5, 0.6) is 0 Å². The van der Waals surface area contributed by atoms with Gasteiger partial charge in [0.2, 0.25) is 0 Å². The van der Waals surface area contributed by atoms with Crippen molar-refractivity contribution >= 4 is 17.3 Å². The molecule has 0 atom stereocenters. The lowest BCUT2D eigenvalue weighted by molar-refractivity contribution is 0.826. The van der Waals surface area contributed by atoms with Gasteiger partial charge in [0, 0.05) is 5.69 Å². The minimum absolute atomic E-state index is 0.571. The Morgan fingerprint density at radius 1 is 1.28 bits per heavy atom. The molecule has 2 rings (SSSR count). The first-order valence-electron chi connectivity index (χ1n) is 6.06. The van der Waals surface area contributed by atoms with E-state index < -0.39 is 0 Å². The third-order valence-electron chi connectivity index (χ3n) is 3.34. The summed E-state index contributed by atoms with van der Waals surface area (Å²) in [6, 6.07) is 3.77. The number of halogens is 1. The molecule has 18 heavy (non-hydrogen) atoms. The average molecular weight is 264 g/mol. The minimum atomic E-state index is 0.571. The van der Waals surface area contributed by atoms with Crippen LogP contribution in [0.2, 0.25) is 5.02 Å². The number of hydrogen-bond donors (Lipinski definition) is 1. The maximum Gasteiger partial charge on any atom is 0.0694 e. The van der Waals surface area contributed by atoms with Crippen LogP contribution in [-0.4, -0.2) is 9.78 Å². The molecule has 0 fully saturated rings. The second kappa shape index (κ2) is 4.65. The molecular formula is C14H18ClN3. The Labute approximate surface area is 113 Å². The van der Waals surface area contributed by atoms with Crippen LogP contribution in [-0.2, 0) is 6.42 Å². The maximum atomic E-state index is 6.10. The van der Waals surface area contributed by atoms with Crippen LogP contribution in [0.25, 0.3) is 5.69 Å². The van der Waals surface area contributed by atoms with Gasteiger partial charge in [-0.2, -0.15) is 5.10 Å². The third kappa shape index (κ3) is 1.99. The fourth-order valence-corrected chi connectivity index (χ4v) is 2.50. The van der Waals surface area contributed by atoms with Crippen molar-refractivity contribution in [1.29, 1.82) is 0 Å². The highest BCUT2D eigenvalue weighted by Crippen LogP contribution is 2.27. The number of rotatable bonds is 2. The summed E-state index contributed by atoms with van der Waals surface area (Å²) in [6.07, 6.45) is 0.986. The zero-order valence-electron chi connectivity index (χ0n) is 11.2. The molecule has 0 spiro atoms. The van der Waals surface area contributed by atoms with Crippen LogP contribution < -0.4 is 5.73 Å². The summed E-state index contributed by atoms with van der Waals surface area (Å²) >= 11 is 6.10. The molecule has 0 aliphatic carbocycles. The van der Waals surface area contributed by atoms with Crippen molar-refractivity contribution < 1.29 is 0 Å². The summed E-state index contributed by atoms with van der Waals surface area (Å²) in [7, 11) is 0. The van der Waals surface area contributed by atoms with Crippen LogP contribution in [0.1, 0.15) is 29.4 Å². The average Bonchev–Trinajstić information content (AvgIpc) is 2.59. The van der Waals surface area contributed by atoms with Crippen LogP contribution >= 0.6 is 11.6 Å². The Morgan fingerprint density at radius 3 is 2.50 bits per heavy atom. The summed E-state index contributed by atoms with van der Waals surface area (Å²) in [5.74, 6) is 0. The highest BCUT2D eigenvalue weighted by Gasteiger charge is 2.13. The van der Waals surface area contributed by atoms with E-state index in [1.807, 2.05) is 30.7 Å². The highest BCUT2D eigenvalue weighted by molar-refractivity contribution is 6.33. The Kier molecular flexibility index (Phi) is 3.35. The zero-order chi connectivity index (χ0) is 13.4. The summed E-state index contributed by atoms with van der Waals surface area (Å²) in [6.45, 7) is 8.29. The Hall–Kier alpha value is -1.48. The van der Waals surface area contributed by atoms with Crippen LogP contribution in [0.3, 0.4) is 0 Å². The fraction of sp³-hybridized carbons (Fsp3) is 0.357. The molecular weight excluding hydrogens is 246 g/mol. The largest absolute Gasteiger partial charge is 0.398 e. The number of nitrogens with zero attached hydrogens (tertiary/aromatic N) is 2. The van der Waals surface area contributed by atoms with Gasteiger partial charge in [0.05, 0.1) is 22.1 Å². The molecule has 1 aromatic heterocycles. The molecule has 0 saturated heterocycles. The first-order chi connectivity index (χ1) is 8.45. The molecule has 1 aromatic carbocycles. The summed E-state index contributed by atoms with van der Waals surface area (Å²) < 4.78 is 1.95. The van der Waals surface area contributed by atoms with Crippen molar-refractivity contribution in [3.8, 4) is 5.69 Å². The number of nitrogens with two attached hydrogens (primary N) is 1. The lowest BCUT2D eigenvalue weighted by Crippen LogP contribution is -2.03. The summed E-state index contributed by atoms with van der Waals surface area (Å²) in [5.41, 5.74) is 12.0. The molecule has 4 heteroatoms. The highest BCUT2D eigenvalue weighted by atomic mass is 35.5. The zero-order valence-corrected chi connectivity index (χ0v) is 12.0. The number of hydrogen-bond acceptors (Lipinski definition) is 2. The minimum Gasteiger partial charge on any atom is -0.398 e. The van der Waals surface area contributed by atoms with E-state index in [4.69, 9.17) is 17.3 Å². The third-order valence-corrected chi connectivity index (χ3v) is 3.67. The Bertz CT molecular complexity index is 600. The molecule has 3 nitrogen and oxygen atoms in total. The van der Waals surface area contributed by atoms with E-state index in [2.05, 4.69) is 18.9 Å². The topological polar surface area (TPSA) is 43.8 Å². The molecule has 2 aromatic rings. The molecule has 0 aliphatic rings. The number of aromatic nitrogens is 2. The van der Waals surface area contributed by atoms with Crippen molar-refractivity contribution in [2.24, 2.45) is 0 Å². The molecule has 2 N–H and O–H groups in total. The van der Waals surface area contributed by atoms with Gasteiger partial charge in [-0.05, 0) is 50.5 Å². The number of nitrogen functional groups attached to an aromatic ring is 1. The van der Waals surface area contributed by atoms with Gasteiger partial charge in [-0.25, -0.2) is 4.68 Å². The second-order valence-electron chi connectivity index (χ2n) is 4.57. The predicted octanol–water partition coefficient (Wildman–Crippen LogP) is 3.60. The van der Waals surface area contributed by atoms with Gasteiger partial charge in [0.15, 0.2) is 0 Å². The van der Waals surface area contributed by atoms with Crippen molar-refractivity contribution in [1.82, 2.24) is 9.78 Å². The molecule has 0 amide bonds. The molecule has 0 unspecified atom stereocenters. The molecule has 0 radical (unpaired) electrons. The monoisotopic (exact) mass is 263 g/mol. The lowest BCUT2D eigenvalue weighted by atomic mass is 10.1. The molecule has 96 valence electrons. The van der Waals surface area contributed by atoms with E-state index in [0.717, 1.165) is 23.4 Å². The first-order valence-corrected chi connectivity index (χ1v) is 6.44. The smallest absolute Gasteiger partial charge is 0.0694 e. The lowest BCUT2D eigenvalue weighted by Gasteiger charge is -2.10. The van der Waals surface area contributed by atoms with Gasteiger partial charge in [-0.1, -0.05) is 18.5 Å². The second-order valence-corrected chi connectivity index (χ2v) is 4.98. The molecule has 0 aliphatic heterocycles. The predicted molar refractivity (Wildman–Crippen MR) is 76.6 cm³/mol. The molecule has 0 bridgehead atoms. The van der Waals surface area contributed by atoms with Gasteiger partial charge in [0.25, 0.3) is 0 Å². The van der Waals surface area contributed by atoms with Gasteiger partial charge in [0.1, 0.15) is 0 Å². The summed E-state index contributed by atoms with van der Waals surface area (Å²) in [5, 5.41) is 5.17. The number of anilines is 1. The SMILES string of the molecule is CCc1c(C)nn(-c2cc(Cl)c(N)cc2C)c1C. The van der Waals surface area contributed by atoms with Gasteiger partial charge in [-0.15, -0.1) is 0 Å². The van der Waals surface area contributed by atoms with E-state index in [1.54, 1.807) is 0 Å². The fourth-order valence-electron chi connectivity index (χ4n) is 2.34. The number of benzene rings is 1. The quantitative estimate of drug-likeness (QED) is 0.842. The number of aryl methyl sites for hydroxylation is 2. The Balaban J connectivity index is 2.66. The van der Waals surface area contributed by atoms with E-state index in [1.165, 1.54) is 11.3 Å².